The highest BCUT2D eigenvalue weighted by Gasteiger charge is 2.06. The van der Waals surface area contributed by atoms with Gasteiger partial charge in [-0.3, -0.25) is 0 Å². The van der Waals surface area contributed by atoms with E-state index in [0.29, 0.717) is 39.6 Å². The number of hydrogen-bond acceptors (Lipinski definition) is 4. The summed E-state index contributed by atoms with van der Waals surface area (Å²) in [5, 5.41) is 0. The van der Waals surface area contributed by atoms with E-state index in [4.69, 9.17) is 18.9 Å². The van der Waals surface area contributed by atoms with E-state index >= 15 is 0 Å². The Bertz CT molecular complexity index is 612. The van der Waals surface area contributed by atoms with Gasteiger partial charge in [-0.1, -0.05) is 30.3 Å². The highest BCUT2D eigenvalue weighted by atomic mass is 16.6. The van der Waals surface area contributed by atoms with Crippen molar-refractivity contribution in [3.05, 3.63) is 59.7 Å². The number of rotatable bonds is 0. The fourth-order valence-corrected chi connectivity index (χ4v) is 2.51. The molecule has 0 aliphatic carbocycles. The third-order valence-electron chi connectivity index (χ3n) is 3.62. The van der Waals surface area contributed by atoms with E-state index in [1.807, 2.05) is 30.3 Å². The molecular formula is C19H22O4. The summed E-state index contributed by atoms with van der Waals surface area (Å²) < 4.78 is 22.6. The van der Waals surface area contributed by atoms with Gasteiger partial charge in [-0.05, 0) is 29.3 Å². The molecule has 0 N–H and O–H groups in total. The third kappa shape index (κ3) is 4.98. The molecule has 4 nitrogen and oxygen atoms in total. The minimum absolute atomic E-state index is 0.542. The summed E-state index contributed by atoms with van der Waals surface area (Å²) in [6.07, 6.45) is 0.810. The lowest BCUT2D eigenvalue weighted by Gasteiger charge is -2.14. The zero-order valence-corrected chi connectivity index (χ0v) is 13.2. The van der Waals surface area contributed by atoms with Crippen molar-refractivity contribution >= 4 is 0 Å². The zero-order chi connectivity index (χ0) is 15.7. The second-order valence-electron chi connectivity index (χ2n) is 5.35. The highest BCUT2D eigenvalue weighted by Crippen LogP contribution is 2.23. The first-order chi connectivity index (χ1) is 11.4. The van der Waals surface area contributed by atoms with E-state index in [0.717, 1.165) is 17.9 Å². The smallest absolute Gasteiger partial charge is 0.122 e. The summed E-state index contributed by atoms with van der Waals surface area (Å²) in [7, 11) is 0. The van der Waals surface area contributed by atoms with Crippen molar-refractivity contribution in [3.8, 4) is 11.5 Å². The van der Waals surface area contributed by atoms with E-state index in [9.17, 15) is 0 Å². The Hall–Kier alpha value is -2.04. The Kier molecular flexibility index (Phi) is 5.89. The number of fused-ring (bicyclic) bond motifs is 3. The largest absolute Gasteiger partial charge is 0.491 e. The molecule has 0 atom stereocenters. The minimum atomic E-state index is 0.542. The van der Waals surface area contributed by atoms with Crippen LogP contribution in [-0.4, -0.2) is 39.6 Å². The van der Waals surface area contributed by atoms with Crippen LogP contribution in [0.1, 0.15) is 11.1 Å². The topological polar surface area (TPSA) is 36.9 Å². The van der Waals surface area contributed by atoms with Crippen molar-refractivity contribution in [2.45, 2.75) is 6.42 Å². The van der Waals surface area contributed by atoms with Crippen LogP contribution in [0.2, 0.25) is 0 Å². The molecule has 0 saturated carbocycles. The van der Waals surface area contributed by atoms with E-state index in [1.165, 1.54) is 11.1 Å². The molecule has 3 rings (SSSR count). The van der Waals surface area contributed by atoms with Gasteiger partial charge in [0.2, 0.25) is 0 Å². The molecule has 0 spiro atoms. The van der Waals surface area contributed by atoms with E-state index in [-0.39, 0.29) is 0 Å². The van der Waals surface area contributed by atoms with Crippen LogP contribution in [0.25, 0.3) is 0 Å². The quantitative estimate of drug-likeness (QED) is 0.749. The van der Waals surface area contributed by atoms with Crippen LogP contribution in [-0.2, 0) is 15.9 Å². The predicted octanol–water partition coefficient (Wildman–Crippen LogP) is 3.08. The van der Waals surface area contributed by atoms with Gasteiger partial charge in [0.05, 0.1) is 26.4 Å². The Morgan fingerprint density at radius 3 is 2.26 bits per heavy atom. The van der Waals surface area contributed by atoms with Crippen LogP contribution in [0.15, 0.2) is 48.5 Å². The summed E-state index contributed by atoms with van der Waals surface area (Å²) in [4.78, 5) is 0. The molecule has 2 aromatic rings. The van der Waals surface area contributed by atoms with Crippen LogP contribution < -0.4 is 9.47 Å². The lowest BCUT2D eigenvalue weighted by Crippen LogP contribution is -2.14. The summed E-state index contributed by atoms with van der Waals surface area (Å²) in [6, 6.07) is 16.3. The maximum absolute atomic E-state index is 5.86. The van der Waals surface area contributed by atoms with Gasteiger partial charge in [-0.25, -0.2) is 0 Å². The maximum atomic E-state index is 5.86. The van der Waals surface area contributed by atoms with Gasteiger partial charge in [0.1, 0.15) is 24.7 Å². The number of ether oxygens (including phenoxy) is 4. The molecular weight excluding hydrogens is 292 g/mol. The first kappa shape index (κ1) is 15.8. The number of benzene rings is 2. The van der Waals surface area contributed by atoms with E-state index < -0.39 is 0 Å². The van der Waals surface area contributed by atoms with Gasteiger partial charge < -0.3 is 18.9 Å². The molecule has 122 valence electrons. The Morgan fingerprint density at radius 2 is 1.39 bits per heavy atom. The summed E-state index contributed by atoms with van der Waals surface area (Å²) in [5.41, 5.74) is 2.36. The Labute approximate surface area is 136 Å². The van der Waals surface area contributed by atoms with Gasteiger partial charge in [0.25, 0.3) is 0 Å². The fourth-order valence-electron chi connectivity index (χ4n) is 2.51. The predicted molar refractivity (Wildman–Crippen MR) is 88.3 cm³/mol. The normalized spacial score (nSPS) is 16.7. The first-order valence-corrected chi connectivity index (χ1v) is 8.00. The molecule has 4 heteroatoms. The average Bonchev–Trinajstić information content (AvgIpc) is 2.57. The van der Waals surface area contributed by atoms with Crippen molar-refractivity contribution in [1.29, 1.82) is 0 Å². The Balaban J connectivity index is 1.77. The molecule has 0 unspecified atom stereocenters. The zero-order valence-electron chi connectivity index (χ0n) is 13.2. The molecule has 0 radical (unpaired) electrons. The van der Waals surface area contributed by atoms with Gasteiger partial charge in [-0.2, -0.15) is 0 Å². The summed E-state index contributed by atoms with van der Waals surface area (Å²) in [5.74, 6) is 1.78. The van der Waals surface area contributed by atoms with Gasteiger partial charge >= 0.3 is 0 Å². The molecule has 1 heterocycles. The van der Waals surface area contributed by atoms with E-state index in [2.05, 4.69) is 18.2 Å². The van der Waals surface area contributed by atoms with Crippen molar-refractivity contribution in [2.24, 2.45) is 0 Å². The first-order valence-electron chi connectivity index (χ1n) is 8.00. The summed E-state index contributed by atoms with van der Waals surface area (Å²) >= 11 is 0. The average molecular weight is 314 g/mol. The Morgan fingerprint density at radius 1 is 0.652 bits per heavy atom. The summed E-state index contributed by atoms with van der Waals surface area (Å²) in [6.45, 7) is 3.35. The molecule has 23 heavy (non-hydrogen) atoms. The van der Waals surface area contributed by atoms with Crippen molar-refractivity contribution < 1.29 is 18.9 Å². The molecule has 2 bridgehead atoms. The lowest BCUT2D eigenvalue weighted by atomic mass is 10.0. The molecule has 0 saturated heterocycles. The number of para-hydroxylation sites is 1. The third-order valence-corrected chi connectivity index (χ3v) is 3.62. The van der Waals surface area contributed by atoms with Crippen molar-refractivity contribution in [2.75, 3.05) is 39.6 Å². The van der Waals surface area contributed by atoms with Crippen molar-refractivity contribution in [1.82, 2.24) is 0 Å². The van der Waals surface area contributed by atoms with Crippen molar-refractivity contribution in [3.63, 3.8) is 0 Å². The number of hydrogen-bond donors (Lipinski definition) is 0. The van der Waals surface area contributed by atoms with E-state index in [1.54, 1.807) is 0 Å². The molecule has 2 aromatic carbocycles. The minimum Gasteiger partial charge on any atom is -0.491 e. The second-order valence-corrected chi connectivity index (χ2v) is 5.35. The standard InChI is InChI=1S/C19H22O4/c1-2-7-19-17(5-1)14-16-4-3-6-18(15-16)22-12-10-20-8-9-21-11-13-23-19/h1-7,15H,8-14H2. The van der Waals surface area contributed by atoms with Crippen LogP contribution in [0, 0.1) is 0 Å². The molecule has 0 amide bonds. The van der Waals surface area contributed by atoms with Crippen LogP contribution >= 0.6 is 0 Å². The lowest BCUT2D eigenvalue weighted by molar-refractivity contribution is 0.0272. The van der Waals surface area contributed by atoms with Crippen LogP contribution in [0.3, 0.4) is 0 Å². The van der Waals surface area contributed by atoms with Crippen LogP contribution in [0.4, 0.5) is 0 Å². The van der Waals surface area contributed by atoms with Crippen LogP contribution in [0.5, 0.6) is 11.5 Å². The molecule has 1 aliphatic heterocycles. The monoisotopic (exact) mass is 314 g/mol. The molecule has 0 aromatic heterocycles. The fraction of sp³-hybridized carbons (Fsp3) is 0.368. The van der Waals surface area contributed by atoms with Gasteiger partial charge in [-0.15, -0.1) is 0 Å². The highest BCUT2D eigenvalue weighted by molar-refractivity contribution is 5.39. The maximum Gasteiger partial charge on any atom is 0.122 e. The van der Waals surface area contributed by atoms with Gasteiger partial charge in [0.15, 0.2) is 0 Å². The molecule has 0 fully saturated rings. The SMILES string of the molecule is c1cc2cc(c1)OCCOCCOCCOc1ccccc1C2. The van der Waals surface area contributed by atoms with Gasteiger partial charge in [0, 0.05) is 6.42 Å². The molecule has 1 aliphatic rings. The second kappa shape index (κ2) is 8.56.